The first-order valence-electron chi connectivity index (χ1n) is 5.39. The first-order valence-corrected chi connectivity index (χ1v) is 6.94. The summed E-state index contributed by atoms with van der Waals surface area (Å²) in [4.78, 5) is 0. The van der Waals surface area contributed by atoms with Crippen LogP contribution in [-0.2, 0) is 16.8 Å². The van der Waals surface area contributed by atoms with Crippen LogP contribution in [0.15, 0.2) is 66.7 Å². The van der Waals surface area contributed by atoms with E-state index in [-0.39, 0.29) is 6.54 Å². The van der Waals surface area contributed by atoms with Crippen molar-refractivity contribution >= 4 is 10.2 Å². The van der Waals surface area contributed by atoms with E-state index in [9.17, 15) is 8.42 Å². The SMILES string of the molecule is NS(=O)(=O)NCc1ccccc1.c1ccccc1. The van der Waals surface area contributed by atoms with E-state index in [1.807, 2.05) is 66.7 Å². The zero-order chi connectivity index (χ0) is 13.3. The van der Waals surface area contributed by atoms with E-state index in [2.05, 4.69) is 4.72 Å². The normalized spacial score (nSPS) is 10.3. The lowest BCUT2D eigenvalue weighted by Gasteiger charge is -2.00. The highest BCUT2D eigenvalue weighted by Gasteiger charge is 1.99. The first kappa shape index (κ1) is 14.4. The van der Waals surface area contributed by atoms with E-state index >= 15 is 0 Å². The fraction of sp³-hybridized carbons (Fsp3) is 0.0769. The number of nitrogens with one attached hydrogen (secondary N) is 1. The lowest BCUT2D eigenvalue weighted by molar-refractivity contribution is 0.583. The Kier molecular flexibility index (Phi) is 6.07. The fourth-order valence-electron chi connectivity index (χ4n) is 1.16. The van der Waals surface area contributed by atoms with Crippen LogP contribution < -0.4 is 9.86 Å². The van der Waals surface area contributed by atoms with Gasteiger partial charge in [-0.3, -0.25) is 0 Å². The third kappa shape index (κ3) is 7.56. The van der Waals surface area contributed by atoms with Gasteiger partial charge in [0.05, 0.1) is 0 Å². The predicted molar refractivity (Wildman–Crippen MR) is 72.8 cm³/mol. The molecule has 4 nitrogen and oxygen atoms in total. The largest absolute Gasteiger partial charge is 0.274 e. The zero-order valence-corrected chi connectivity index (χ0v) is 10.7. The maximum atomic E-state index is 10.5. The Labute approximate surface area is 108 Å². The van der Waals surface area contributed by atoms with E-state index in [1.54, 1.807) is 0 Å². The van der Waals surface area contributed by atoms with Crippen molar-refractivity contribution in [1.82, 2.24) is 4.72 Å². The number of hydrogen-bond acceptors (Lipinski definition) is 2. The van der Waals surface area contributed by atoms with Crippen molar-refractivity contribution < 1.29 is 8.42 Å². The van der Waals surface area contributed by atoms with Crippen LogP contribution >= 0.6 is 0 Å². The Morgan fingerprint density at radius 3 is 1.61 bits per heavy atom. The van der Waals surface area contributed by atoms with E-state index in [0.717, 1.165) is 5.56 Å². The third-order valence-corrected chi connectivity index (χ3v) is 2.53. The molecule has 5 heteroatoms. The van der Waals surface area contributed by atoms with E-state index in [0.29, 0.717) is 0 Å². The van der Waals surface area contributed by atoms with Crippen LogP contribution in [0.3, 0.4) is 0 Å². The molecule has 96 valence electrons. The monoisotopic (exact) mass is 264 g/mol. The molecule has 0 aliphatic heterocycles. The standard InChI is InChI=1S/C7H10N2O2S.C6H6/c8-12(10,11)9-6-7-4-2-1-3-5-7;1-2-4-6-5-3-1/h1-5,9H,6H2,(H2,8,10,11);1-6H. The van der Waals surface area contributed by atoms with Gasteiger partial charge in [-0.1, -0.05) is 66.7 Å². The molecule has 0 heterocycles. The number of benzene rings is 2. The summed E-state index contributed by atoms with van der Waals surface area (Å²) < 4.78 is 23.1. The van der Waals surface area contributed by atoms with Crippen LogP contribution in [0.2, 0.25) is 0 Å². The van der Waals surface area contributed by atoms with E-state index < -0.39 is 10.2 Å². The Hall–Kier alpha value is -1.69. The van der Waals surface area contributed by atoms with Crippen molar-refractivity contribution in [1.29, 1.82) is 0 Å². The van der Waals surface area contributed by atoms with Gasteiger partial charge in [0.15, 0.2) is 0 Å². The molecule has 0 radical (unpaired) electrons. The van der Waals surface area contributed by atoms with E-state index in [4.69, 9.17) is 5.14 Å². The van der Waals surface area contributed by atoms with Crippen molar-refractivity contribution in [2.75, 3.05) is 0 Å². The van der Waals surface area contributed by atoms with Gasteiger partial charge in [-0.15, -0.1) is 0 Å². The van der Waals surface area contributed by atoms with Gasteiger partial charge in [0.1, 0.15) is 0 Å². The lowest BCUT2D eigenvalue weighted by atomic mass is 10.2. The van der Waals surface area contributed by atoms with Gasteiger partial charge in [0.2, 0.25) is 0 Å². The molecule has 0 atom stereocenters. The Balaban J connectivity index is 0.000000225. The van der Waals surface area contributed by atoms with Gasteiger partial charge in [0, 0.05) is 6.54 Å². The maximum absolute atomic E-state index is 10.5. The molecule has 2 aromatic rings. The molecule has 0 saturated carbocycles. The number of rotatable bonds is 3. The van der Waals surface area contributed by atoms with E-state index in [1.165, 1.54) is 0 Å². The average molecular weight is 264 g/mol. The van der Waals surface area contributed by atoms with Gasteiger partial charge < -0.3 is 0 Å². The van der Waals surface area contributed by atoms with Crippen LogP contribution in [0.4, 0.5) is 0 Å². The summed E-state index contributed by atoms with van der Waals surface area (Å²) in [6.07, 6.45) is 0. The first-order chi connectivity index (χ1) is 8.58. The minimum absolute atomic E-state index is 0.236. The minimum atomic E-state index is -3.57. The maximum Gasteiger partial charge on any atom is 0.274 e. The van der Waals surface area contributed by atoms with Gasteiger partial charge in [-0.05, 0) is 5.56 Å². The molecule has 0 aliphatic rings. The van der Waals surface area contributed by atoms with Crippen molar-refractivity contribution in [2.45, 2.75) is 6.54 Å². The molecule has 2 aromatic carbocycles. The van der Waals surface area contributed by atoms with Crippen molar-refractivity contribution in [3.8, 4) is 0 Å². The second kappa shape index (κ2) is 7.60. The van der Waals surface area contributed by atoms with Crippen LogP contribution in [0.25, 0.3) is 0 Å². The van der Waals surface area contributed by atoms with Crippen molar-refractivity contribution in [2.24, 2.45) is 5.14 Å². The summed E-state index contributed by atoms with van der Waals surface area (Å²) in [5, 5.41) is 4.74. The summed E-state index contributed by atoms with van der Waals surface area (Å²) in [6.45, 7) is 0.236. The Bertz CT molecular complexity index is 501. The lowest BCUT2D eigenvalue weighted by Crippen LogP contribution is -2.30. The molecule has 18 heavy (non-hydrogen) atoms. The fourth-order valence-corrected chi connectivity index (χ4v) is 1.53. The van der Waals surface area contributed by atoms with Gasteiger partial charge in [-0.2, -0.15) is 13.1 Å². The molecule has 0 fully saturated rings. The highest BCUT2D eigenvalue weighted by Crippen LogP contribution is 1.96. The molecule has 0 bridgehead atoms. The Morgan fingerprint density at radius 1 is 0.833 bits per heavy atom. The van der Waals surface area contributed by atoms with Crippen molar-refractivity contribution in [3.05, 3.63) is 72.3 Å². The molecule has 2 rings (SSSR count). The molecule has 0 saturated heterocycles. The van der Waals surface area contributed by atoms with Crippen LogP contribution in [-0.4, -0.2) is 8.42 Å². The number of nitrogens with two attached hydrogens (primary N) is 1. The minimum Gasteiger partial charge on any atom is -0.216 e. The smallest absolute Gasteiger partial charge is 0.216 e. The topological polar surface area (TPSA) is 72.2 Å². The molecule has 0 spiro atoms. The molecule has 3 N–H and O–H groups in total. The molecular formula is C13H16N2O2S. The molecule has 0 unspecified atom stereocenters. The van der Waals surface area contributed by atoms with Gasteiger partial charge in [0.25, 0.3) is 10.2 Å². The zero-order valence-electron chi connectivity index (χ0n) is 9.86. The summed E-state index contributed by atoms with van der Waals surface area (Å²) >= 11 is 0. The second-order valence-corrected chi connectivity index (χ2v) is 4.89. The highest BCUT2D eigenvalue weighted by atomic mass is 32.2. The quantitative estimate of drug-likeness (QED) is 0.885. The van der Waals surface area contributed by atoms with Gasteiger partial charge >= 0.3 is 0 Å². The van der Waals surface area contributed by atoms with Gasteiger partial charge in [-0.25, -0.2) is 5.14 Å². The molecular weight excluding hydrogens is 248 g/mol. The van der Waals surface area contributed by atoms with Crippen LogP contribution in [0, 0.1) is 0 Å². The average Bonchev–Trinajstić information content (AvgIpc) is 2.40. The summed E-state index contributed by atoms with van der Waals surface area (Å²) in [5.74, 6) is 0. The molecule has 0 amide bonds. The predicted octanol–water partition coefficient (Wildman–Crippen LogP) is 1.67. The second-order valence-electron chi connectivity index (χ2n) is 3.51. The summed E-state index contributed by atoms with van der Waals surface area (Å²) in [5.41, 5.74) is 0.881. The van der Waals surface area contributed by atoms with Crippen LogP contribution in [0.1, 0.15) is 5.56 Å². The highest BCUT2D eigenvalue weighted by molar-refractivity contribution is 7.87. The number of hydrogen-bond donors (Lipinski definition) is 2. The molecule has 0 aliphatic carbocycles. The van der Waals surface area contributed by atoms with Crippen molar-refractivity contribution in [3.63, 3.8) is 0 Å². The van der Waals surface area contributed by atoms with Crippen LogP contribution in [0.5, 0.6) is 0 Å². The third-order valence-electron chi connectivity index (χ3n) is 1.99. The Morgan fingerprint density at radius 2 is 1.22 bits per heavy atom. The molecule has 0 aromatic heterocycles. The summed E-state index contributed by atoms with van der Waals surface area (Å²) in [6, 6.07) is 21.2. The summed E-state index contributed by atoms with van der Waals surface area (Å²) in [7, 11) is -3.57.